The fourth-order valence-corrected chi connectivity index (χ4v) is 2.35. The summed E-state index contributed by atoms with van der Waals surface area (Å²) in [4.78, 5) is 4.14. The first-order valence-corrected chi connectivity index (χ1v) is 6.42. The molecule has 2 aromatic rings. The molecule has 0 bridgehead atoms. The third-order valence-electron chi connectivity index (χ3n) is 2.95. The van der Waals surface area contributed by atoms with Crippen molar-refractivity contribution in [3.8, 4) is 5.75 Å². The maximum Gasteiger partial charge on any atom is 0.119 e. The molecule has 1 atom stereocenters. The van der Waals surface area contributed by atoms with E-state index in [0.717, 1.165) is 26.9 Å². The Kier molecular flexibility index (Phi) is 3.99. The fourth-order valence-electron chi connectivity index (χ4n) is 1.86. The van der Waals surface area contributed by atoms with Crippen LogP contribution in [0.4, 0.5) is 0 Å². The lowest BCUT2D eigenvalue weighted by atomic mass is 9.97. The lowest BCUT2D eigenvalue weighted by molar-refractivity contribution is 0.414. The molecule has 1 aromatic carbocycles. The molecular formula is C14H15BrN2O. The van der Waals surface area contributed by atoms with Gasteiger partial charge in [-0.05, 0) is 47.9 Å². The zero-order chi connectivity index (χ0) is 13.1. The molecule has 0 aliphatic carbocycles. The smallest absolute Gasteiger partial charge is 0.119 e. The van der Waals surface area contributed by atoms with Crippen LogP contribution in [0.25, 0.3) is 0 Å². The average Bonchev–Trinajstić information content (AvgIpc) is 2.39. The predicted octanol–water partition coefficient (Wildman–Crippen LogP) is 3.21. The van der Waals surface area contributed by atoms with Gasteiger partial charge in [-0.25, -0.2) is 0 Å². The van der Waals surface area contributed by atoms with E-state index in [1.54, 1.807) is 13.3 Å². The highest BCUT2D eigenvalue weighted by Gasteiger charge is 2.15. The molecule has 94 valence electrons. The molecule has 0 radical (unpaired) electrons. The highest BCUT2D eigenvalue weighted by atomic mass is 79.9. The molecule has 2 N–H and O–H groups in total. The van der Waals surface area contributed by atoms with E-state index < -0.39 is 0 Å². The molecule has 0 aliphatic heterocycles. The van der Waals surface area contributed by atoms with Gasteiger partial charge < -0.3 is 10.5 Å². The van der Waals surface area contributed by atoms with E-state index in [2.05, 4.69) is 20.9 Å². The van der Waals surface area contributed by atoms with Crippen molar-refractivity contribution in [2.75, 3.05) is 7.11 Å². The van der Waals surface area contributed by atoms with Crippen molar-refractivity contribution >= 4 is 15.9 Å². The average molecular weight is 307 g/mol. The van der Waals surface area contributed by atoms with Crippen LogP contribution in [-0.4, -0.2) is 12.1 Å². The summed E-state index contributed by atoms with van der Waals surface area (Å²) in [7, 11) is 1.65. The number of pyridine rings is 1. The second-order valence-electron chi connectivity index (χ2n) is 4.10. The summed E-state index contributed by atoms with van der Waals surface area (Å²) < 4.78 is 6.21. The van der Waals surface area contributed by atoms with E-state index in [0.29, 0.717) is 0 Å². The molecule has 0 fully saturated rings. The van der Waals surface area contributed by atoms with Crippen molar-refractivity contribution in [1.82, 2.24) is 4.98 Å². The number of aromatic nitrogens is 1. The second-order valence-corrected chi connectivity index (χ2v) is 4.95. The van der Waals surface area contributed by atoms with Gasteiger partial charge in [0, 0.05) is 16.9 Å². The van der Waals surface area contributed by atoms with E-state index in [-0.39, 0.29) is 6.04 Å². The van der Waals surface area contributed by atoms with Crippen molar-refractivity contribution in [3.63, 3.8) is 0 Å². The van der Waals surface area contributed by atoms with Gasteiger partial charge in [-0.15, -0.1) is 0 Å². The maximum absolute atomic E-state index is 6.32. The number of halogens is 1. The summed E-state index contributed by atoms with van der Waals surface area (Å²) in [5.41, 5.74) is 9.46. The number of hydrogen-bond donors (Lipinski definition) is 1. The molecule has 4 heteroatoms. The topological polar surface area (TPSA) is 48.1 Å². The fraction of sp³-hybridized carbons (Fsp3) is 0.214. The Hall–Kier alpha value is -1.39. The van der Waals surface area contributed by atoms with E-state index in [1.807, 2.05) is 37.4 Å². The quantitative estimate of drug-likeness (QED) is 0.947. The number of benzene rings is 1. The van der Waals surface area contributed by atoms with Gasteiger partial charge in [-0.1, -0.05) is 15.9 Å². The number of nitrogens with zero attached hydrogens (tertiary/aromatic N) is 1. The Morgan fingerprint density at radius 3 is 2.72 bits per heavy atom. The number of ether oxygens (including phenoxy) is 1. The van der Waals surface area contributed by atoms with E-state index in [1.165, 1.54) is 0 Å². The van der Waals surface area contributed by atoms with Crippen LogP contribution in [0, 0.1) is 6.92 Å². The number of rotatable bonds is 3. The summed E-state index contributed by atoms with van der Waals surface area (Å²) in [5.74, 6) is 0.796. The zero-order valence-corrected chi connectivity index (χ0v) is 11.9. The molecule has 0 saturated heterocycles. The Bertz CT molecular complexity index is 557. The molecule has 0 aliphatic rings. The number of methoxy groups -OCH3 is 1. The maximum atomic E-state index is 6.32. The first-order valence-electron chi connectivity index (χ1n) is 5.63. The van der Waals surface area contributed by atoms with Crippen molar-refractivity contribution in [3.05, 3.63) is 57.8 Å². The zero-order valence-electron chi connectivity index (χ0n) is 10.4. The van der Waals surface area contributed by atoms with Crippen LogP contribution in [0.1, 0.15) is 22.7 Å². The highest BCUT2D eigenvalue weighted by molar-refractivity contribution is 9.10. The minimum absolute atomic E-state index is 0.219. The van der Waals surface area contributed by atoms with Crippen LogP contribution in [0.15, 0.2) is 41.1 Å². The lowest BCUT2D eigenvalue weighted by Gasteiger charge is -2.17. The van der Waals surface area contributed by atoms with Gasteiger partial charge in [0.1, 0.15) is 5.75 Å². The number of aryl methyl sites for hydroxylation is 1. The molecule has 2 rings (SSSR count). The van der Waals surface area contributed by atoms with Gasteiger partial charge >= 0.3 is 0 Å². The van der Waals surface area contributed by atoms with Gasteiger partial charge in [0.25, 0.3) is 0 Å². The summed E-state index contributed by atoms with van der Waals surface area (Å²) >= 11 is 3.53. The van der Waals surface area contributed by atoms with E-state index in [4.69, 9.17) is 10.5 Å². The predicted molar refractivity (Wildman–Crippen MR) is 75.7 cm³/mol. The Balaban J connectivity index is 2.45. The van der Waals surface area contributed by atoms with E-state index >= 15 is 0 Å². The highest BCUT2D eigenvalue weighted by Crippen LogP contribution is 2.31. The minimum atomic E-state index is -0.219. The standard InChI is InChI=1S/C14H15BrN2O/c1-9-5-6-17-8-12(9)14(16)11-7-10(18-2)3-4-13(11)15/h3-8,14H,16H2,1-2H3. The molecule has 1 aromatic heterocycles. The first kappa shape index (κ1) is 13.1. The van der Waals surface area contributed by atoms with Crippen molar-refractivity contribution < 1.29 is 4.74 Å². The Morgan fingerprint density at radius 1 is 1.28 bits per heavy atom. The van der Waals surface area contributed by atoms with Gasteiger partial charge in [-0.2, -0.15) is 0 Å². The molecule has 18 heavy (non-hydrogen) atoms. The summed E-state index contributed by atoms with van der Waals surface area (Å²) in [6.45, 7) is 2.03. The molecular weight excluding hydrogens is 292 g/mol. The van der Waals surface area contributed by atoms with Gasteiger partial charge in [-0.3, -0.25) is 4.98 Å². The van der Waals surface area contributed by atoms with Gasteiger partial charge in [0.05, 0.1) is 13.2 Å². The summed E-state index contributed by atoms with van der Waals surface area (Å²) in [6, 6.07) is 7.53. The third kappa shape index (κ3) is 2.54. The number of nitrogens with two attached hydrogens (primary N) is 1. The van der Waals surface area contributed by atoms with Crippen molar-refractivity contribution in [2.24, 2.45) is 5.73 Å². The normalized spacial score (nSPS) is 12.2. The van der Waals surface area contributed by atoms with Gasteiger partial charge in [0.2, 0.25) is 0 Å². The van der Waals surface area contributed by atoms with Gasteiger partial charge in [0.15, 0.2) is 0 Å². The van der Waals surface area contributed by atoms with Crippen LogP contribution < -0.4 is 10.5 Å². The van der Waals surface area contributed by atoms with Crippen molar-refractivity contribution in [2.45, 2.75) is 13.0 Å². The van der Waals surface area contributed by atoms with E-state index in [9.17, 15) is 0 Å². The SMILES string of the molecule is COc1ccc(Br)c(C(N)c2cnccc2C)c1. The second kappa shape index (κ2) is 5.50. The molecule has 1 unspecified atom stereocenters. The van der Waals surface area contributed by atoms with Crippen LogP contribution >= 0.6 is 15.9 Å². The van der Waals surface area contributed by atoms with Crippen LogP contribution in [0.3, 0.4) is 0 Å². The summed E-state index contributed by atoms with van der Waals surface area (Å²) in [5, 5.41) is 0. The number of hydrogen-bond acceptors (Lipinski definition) is 3. The van der Waals surface area contributed by atoms with Crippen LogP contribution in [-0.2, 0) is 0 Å². The Labute approximate surface area is 115 Å². The molecule has 3 nitrogen and oxygen atoms in total. The van der Waals surface area contributed by atoms with Crippen LogP contribution in [0.2, 0.25) is 0 Å². The molecule has 0 saturated carbocycles. The summed E-state index contributed by atoms with van der Waals surface area (Å²) in [6.07, 6.45) is 3.58. The molecule has 1 heterocycles. The molecule has 0 spiro atoms. The van der Waals surface area contributed by atoms with Crippen molar-refractivity contribution in [1.29, 1.82) is 0 Å². The third-order valence-corrected chi connectivity index (χ3v) is 3.68. The first-order chi connectivity index (χ1) is 8.63. The Morgan fingerprint density at radius 2 is 2.06 bits per heavy atom. The minimum Gasteiger partial charge on any atom is -0.497 e. The monoisotopic (exact) mass is 306 g/mol. The lowest BCUT2D eigenvalue weighted by Crippen LogP contribution is -2.14. The largest absolute Gasteiger partial charge is 0.497 e. The van der Waals surface area contributed by atoms with Crippen LogP contribution in [0.5, 0.6) is 5.75 Å². The molecule has 0 amide bonds.